The van der Waals surface area contributed by atoms with E-state index in [-0.39, 0.29) is 6.10 Å². The molecule has 1 N–H and O–H groups in total. The van der Waals surface area contributed by atoms with Gasteiger partial charge in [-0.3, -0.25) is 0 Å². The molecule has 2 rings (SSSR count). The zero-order valence-electron chi connectivity index (χ0n) is 9.79. The number of hydrogen-bond acceptors (Lipinski definition) is 1. The van der Waals surface area contributed by atoms with Gasteiger partial charge in [-0.2, -0.15) is 0 Å². The van der Waals surface area contributed by atoms with Gasteiger partial charge in [-0.25, -0.2) is 0 Å². The second kappa shape index (κ2) is 3.52. The minimum absolute atomic E-state index is 0.00926. The molecule has 0 aliphatic heterocycles. The largest absolute Gasteiger partial charge is 0.392 e. The summed E-state index contributed by atoms with van der Waals surface area (Å²) in [6.45, 7) is 6.83. The monoisotopic (exact) mass is 196 g/mol. The van der Waals surface area contributed by atoms with Crippen molar-refractivity contribution < 1.29 is 5.11 Å². The van der Waals surface area contributed by atoms with E-state index < -0.39 is 0 Å². The zero-order valence-corrected chi connectivity index (χ0v) is 9.79. The molecular formula is C13H24O. The quantitative estimate of drug-likeness (QED) is 0.682. The van der Waals surface area contributed by atoms with E-state index in [1.54, 1.807) is 0 Å². The van der Waals surface area contributed by atoms with Gasteiger partial charge >= 0.3 is 0 Å². The van der Waals surface area contributed by atoms with Crippen molar-refractivity contribution in [2.45, 2.75) is 59.0 Å². The van der Waals surface area contributed by atoms with Gasteiger partial charge in [0.1, 0.15) is 0 Å². The Morgan fingerprint density at radius 3 is 2.21 bits per heavy atom. The number of aliphatic hydroxyl groups is 1. The minimum Gasteiger partial charge on any atom is -0.392 e. The summed E-state index contributed by atoms with van der Waals surface area (Å²) in [7, 11) is 0. The van der Waals surface area contributed by atoms with Crippen LogP contribution in [0.3, 0.4) is 0 Å². The molecule has 2 aliphatic rings. The summed E-state index contributed by atoms with van der Waals surface area (Å²) in [6.07, 6.45) is 6.52. The maximum atomic E-state index is 10.2. The highest BCUT2D eigenvalue weighted by Crippen LogP contribution is 2.57. The first-order chi connectivity index (χ1) is 6.55. The van der Waals surface area contributed by atoms with E-state index >= 15 is 0 Å². The van der Waals surface area contributed by atoms with Crippen LogP contribution in [0.25, 0.3) is 0 Å². The normalized spacial score (nSPS) is 48.2. The molecule has 0 aromatic rings. The molecule has 0 bridgehead atoms. The molecule has 1 nitrogen and oxygen atoms in total. The van der Waals surface area contributed by atoms with E-state index in [0.717, 1.165) is 5.92 Å². The molecule has 1 heteroatoms. The SMILES string of the molecule is CC1CCC2(CC1)CC(C(C)C)C2O. The lowest BCUT2D eigenvalue weighted by Crippen LogP contribution is -2.55. The van der Waals surface area contributed by atoms with Crippen molar-refractivity contribution in [3.63, 3.8) is 0 Å². The molecule has 2 atom stereocenters. The summed E-state index contributed by atoms with van der Waals surface area (Å²) in [5.74, 6) is 2.14. The molecule has 2 saturated carbocycles. The summed E-state index contributed by atoms with van der Waals surface area (Å²) >= 11 is 0. The van der Waals surface area contributed by atoms with Crippen LogP contribution in [0.1, 0.15) is 52.9 Å². The van der Waals surface area contributed by atoms with Crippen LogP contribution in [-0.4, -0.2) is 11.2 Å². The van der Waals surface area contributed by atoms with Gasteiger partial charge in [0.05, 0.1) is 6.10 Å². The average molecular weight is 196 g/mol. The number of hydrogen-bond donors (Lipinski definition) is 1. The van der Waals surface area contributed by atoms with Crippen LogP contribution in [0.2, 0.25) is 0 Å². The molecule has 2 fully saturated rings. The molecule has 0 aromatic carbocycles. The molecule has 1 spiro atoms. The summed E-state index contributed by atoms with van der Waals surface area (Å²) in [5.41, 5.74) is 0.349. The first kappa shape index (κ1) is 10.5. The Morgan fingerprint density at radius 1 is 1.21 bits per heavy atom. The molecular weight excluding hydrogens is 172 g/mol. The van der Waals surface area contributed by atoms with E-state index in [0.29, 0.717) is 17.3 Å². The maximum absolute atomic E-state index is 10.2. The first-order valence-electron chi connectivity index (χ1n) is 6.23. The predicted octanol–water partition coefficient (Wildman–Crippen LogP) is 3.22. The van der Waals surface area contributed by atoms with E-state index in [1.807, 2.05) is 0 Å². The molecule has 2 unspecified atom stereocenters. The topological polar surface area (TPSA) is 20.2 Å². The fourth-order valence-electron chi connectivity index (χ4n) is 3.43. The second-order valence-electron chi connectivity index (χ2n) is 6.10. The summed E-state index contributed by atoms with van der Waals surface area (Å²) < 4.78 is 0. The molecule has 2 aliphatic carbocycles. The third kappa shape index (κ3) is 1.50. The summed E-state index contributed by atoms with van der Waals surface area (Å²) in [6, 6.07) is 0. The van der Waals surface area contributed by atoms with Crippen molar-refractivity contribution in [3.05, 3.63) is 0 Å². The highest BCUT2D eigenvalue weighted by Gasteiger charge is 2.54. The van der Waals surface area contributed by atoms with E-state index in [9.17, 15) is 5.11 Å². The molecule has 0 heterocycles. The molecule has 0 radical (unpaired) electrons. The van der Waals surface area contributed by atoms with Crippen molar-refractivity contribution >= 4 is 0 Å². The van der Waals surface area contributed by atoms with Crippen molar-refractivity contribution in [1.82, 2.24) is 0 Å². The molecule has 82 valence electrons. The van der Waals surface area contributed by atoms with Crippen molar-refractivity contribution in [2.24, 2.45) is 23.2 Å². The number of rotatable bonds is 1. The van der Waals surface area contributed by atoms with Gasteiger partial charge in [0, 0.05) is 0 Å². The highest BCUT2D eigenvalue weighted by molar-refractivity contribution is 5.04. The predicted molar refractivity (Wildman–Crippen MR) is 59.0 cm³/mol. The minimum atomic E-state index is 0.00926. The van der Waals surface area contributed by atoms with E-state index in [2.05, 4.69) is 20.8 Å². The van der Waals surface area contributed by atoms with Crippen LogP contribution in [-0.2, 0) is 0 Å². The number of aliphatic hydroxyl groups excluding tert-OH is 1. The fraction of sp³-hybridized carbons (Fsp3) is 1.00. The Morgan fingerprint density at radius 2 is 1.79 bits per heavy atom. The van der Waals surface area contributed by atoms with Gasteiger partial charge < -0.3 is 5.11 Å². The Balaban J connectivity index is 1.95. The van der Waals surface area contributed by atoms with Crippen LogP contribution in [0, 0.1) is 23.2 Å². The highest BCUT2D eigenvalue weighted by atomic mass is 16.3. The Bertz CT molecular complexity index is 201. The molecule has 0 saturated heterocycles. The summed E-state index contributed by atoms with van der Waals surface area (Å²) in [4.78, 5) is 0. The third-order valence-electron chi connectivity index (χ3n) is 4.80. The lowest BCUT2D eigenvalue weighted by Gasteiger charge is -2.57. The van der Waals surface area contributed by atoms with E-state index in [1.165, 1.54) is 32.1 Å². The third-order valence-corrected chi connectivity index (χ3v) is 4.80. The first-order valence-corrected chi connectivity index (χ1v) is 6.23. The zero-order chi connectivity index (χ0) is 10.3. The average Bonchev–Trinajstić information content (AvgIpc) is 2.15. The molecule has 0 aromatic heterocycles. The Kier molecular flexibility index (Phi) is 2.63. The lowest BCUT2D eigenvalue weighted by molar-refractivity contribution is -0.158. The van der Waals surface area contributed by atoms with Crippen LogP contribution < -0.4 is 0 Å². The molecule has 14 heavy (non-hydrogen) atoms. The van der Waals surface area contributed by atoms with Crippen LogP contribution in [0.5, 0.6) is 0 Å². The van der Waals surface area contributed by atoms with E-state index in [4.69, 9.17) is 0 Å². The standard InChI is InChI=1S/C13H24O/c1-9(2)11-8-13(12(11)14)6-4-10(3)5-7-13/h9-12,14H,4-8H2,1-3H3. The van der Waals surface area contributed by atoms with Gasteiger partial charge in [-0.05, 0) is 42.4 Å². The van der Waals surface area contributed by atoms with Crippen LogP contribution in [0.4, 0.5) is 0 Å². The van der Waals surface area contributed by atoms with Crippen LogP contribution in [0.15, 0.2) is 0 Å². The Hall–Kier alpha value is -0.0400. The van der Waals surface area contributed by atoms with Gasteiger partial charge in [0.25, 0.3) is 0 Å². The maximum Gasteiger partial charge on any atom is 0.0627 e. The second-order valence-corrected chi connectivity index (χ2v) is 6.10. The van der Waals surface area contributed by atoms with Crippen molar-refractivity contribution in [1.29, 1.82) is 0 Å². The summed E-state index contributed by atoms with van der Waals surface area (Å²) in [5, 5.41) is 10.2. The fourth-order valence-corrected chi connectivity index (χ4v) is 3.43. The van der Waals surface area contributed by atoms with Gasteiger partial charge in [-0.15, -0.1) is 0 Å². The molecule has 0 amide bonds. The Labute approximate surface area is 87.9 Å². The smallest absolute Gasteiger partial charge is 0.0627 e. The van der Waals surface area contributed by atoms with Gasteiger partial charge in [0.15, 0.2) is 0 Å². The van der Waals surface area contributed by atoms with Crippen LogP contribution >= 0.6 is 0 Å². The van der Waals surface area contributed by atoms with Gasteiger partial charge in [-0.1, -0.05) is 33.6 Å². The van der Waals surface area contributed by atoms with Gasteiger partial charge in [0.2, 0.25) is 0 Å². The van der Waals surface area contributed by atoms with Crippen molar-refractivity contribution in [3.8, 4) is 0 Å². The lowest BCUT2D eigenvalue weighted by atomic mass is 9.50. The van der Waals surface area contributed by atoms with Crippen molar-refractivity contribution in [2.75, 3.05) is 0 Å².